The first-order chi connectivity index (χ1) is 14.8. The van der Waals surface area contributed by atoms with Gasteiger partial charge in [0.05, 0.1) is 35.3 Å². The Morgan fingerprint density at radius 1 is 1.13 bits per heavy atom. The van der Waals surface area contributed by atoms with E-state index in [1.165, 1.54) is 41.2 Å². The highest BCUT2D eigenvalue weighted by atomic mass is 19.1. The third-order valence-corrected chi connectivity index (χ3v) is 4.56. The van der Waals surface area contributed by atoms with Crippen molar-refractivity contribution in [2.24, 2.45) is 0 Å². The van der Waals surface area contributed by atoms with Gasteiger partial charge in [0.1, 0.15) is 11.6 Å². The van der Waals surface area contributed by atoms with Gasteiger partial charge in [-0.15, -0.1) is 10.2 Å². The van der Waals surface area contributed by atoms with Crippen LogP contribution in [-0.4, -0.2) is 31.8 Å². The maximum Gasteiger partial charge on any atom is 0.259 e. The molecule has 1 aromatic carbocycles. The van der Waals surface area contributed by atoms with Crippen LogP contribution in [0.2, 0.25) is 0 Å². The van der Waals surface area contributed by atoms with Gasteiger partial charge in [0.2, 0.25) is 5.88 Å². The second-order valence-electron chi connectivity index (χ2n) is 7.26. The number of amides is 1. The molecule has 0 fully saturated rings. The molecule has 3 aromatic heterocycles. The van der Waals surface area contributed by atoms with Gasteiger partial charge in [-0.1, -0.05) is 0 Å². The first-order valence-electron chi connectivity index (χ1n) is 9.57. The molecule has 31 heavy (non-hydrogen) atoms. The molecule has 3 heterocycles. The van der Waals surface area contributed by atoms with Crippen LogP contribution in [0.3, 0.4) is 0 Å². The van der Waals surface area contributed by atoms with E-state index in [1.54, 1.807) is 19.1 Å². The van der Waals surface area contributed by atoms with E-state index in [1.807, 2.05) is 13.8 Å². The number of hydrogen-bond donors (Lipinski definition) is 1. The number of anilines is 1. The third kappa shape index (κ3) is 4.20. The standard InChI is InChI=1S/C22H19F2N5O2/c1-12(2)31-21-7-5-18(27-28-21)15-9-19(13(3)8-17(15)24)26-22(30)16-10-25-29-11-14(23)4-6-20(16)29/h4-12H,1-3H3,(H,26,30). The van der Waals surface area contributed by atoms with Gasteiger partial charge in [-0.2, -0.15) is 5.10 Å². The van der Waals surface area contributed by atoms with Crippen LogP contribution in [0.1, 0.15) is 29.8 Å². The van der Waals surface area contributed by atoms with E-state index < -0.39 is 17.5 Å². The van der Waals surface area contributed by atoms with E-state index >= 15 is 0 Å². The lowest BCUT2D eigenvalue weighted by molar-refractivity contribution is 0.102. The smallest absolute Gasteiger partial charge is 0.259 e. The number of aromatic nitrogens is 4. The number of fused-ring (bicyclic) bond motifs is 1. The number of nitrogens with one attached hydrogen (secondary N) is 1. The van der Waals surface area contributed by atoms with Crippen LogP contribution < -0.4 is 10.1 Å². The highest BCUT2D eigenvalue weighted by Gasteiger charge is 2.17. The molecule has 0 radical (unpaired) electrons. The largest absolute Gasteiger partial charge is 0.474 e. The molecular formula is C22H19F2N5O2. The van der Waals surface area contributed by atoms with E-state index in [9.17, 15) is 13.6 Å². The summed E-state index contributed by atoms with van der Waals surface area (Å²) >= 11 is 0. The Labute approximate surface area is 176 Å². The highest BCUT2D eigenvalue weighted by molar-refractivity contribution is 6.09. The first kappa shape index (κ1) is 20.4. The zero-order valence-corrected chi connectivity index (χ0v) is 17.1. The minimum atomic E-state index is -0.492. The number of pyridine rings is 1. The van der Waals surface area contributed by atoms with Crippen LogP contribution in [-0.2, 0) is 0 Å². The Balaban J connectivity index is 1.64. The number of carbonyl (C=O) groups is 1. The summed E-state index contributed by atoms with van der Waals surface area (Å²) in [5.74, 6) is -1.07. The average Bonchev–Trinajstić information content (AvgIpc) is 3.13. The van der Waals surface area contributed by atoms with E-state index in [-0.39, 0.29) is 17.2 Å². The fraction of sp³-hybridized carbons (Fsp3) is 0.182. The fourth-order valence-corrected chi connectivity index (χ4v) is 3.10. The molecule has 0 spiro atoms. The van der Waals surface area contributed by atoms with E-state index in [0.717, 1.165) is 0 Å². The molecule has 0 saturated carbocycles. The van der Waals surface area contributed by atoms with E-state index in [4.69, 9.17) is 4.74 Å². The van der Waals surface area contributed by atoms with Crippen molar-refractivity contribution in [2.75, 3.05) is 5.32 Å². The van der Waals surface area contributed by atoms with Crippen molar-refractivity contribution in [3.8, 4) is 17.1 Å². The number of hydrogen-bond acceptors (Lipinski definition) is 5. The molecule has 0 unspecified atom stereocenters. The quantitative estimate of drug-likeness (QED) is 0.514. The normalized spacial score (nSPS) is 11.2. The Kier molecular flexibility index (Phi) is 5.33. The summed E-state index contributed by atoms with van der Waals surface area (Å²) in [7, 11) is 0. The van der Waals surface area contributed by atoms with Crippen molar-refractivity contribution in [2.45, 2.75) is 26.9 Å². The van der Waals surface area contributed by atoms with Gasteiger partial charge >= 0.3 is 0 Å². The van der Waals surface area contributed by atoms with Crippen molar-refractivity contribution >= 4 is 17.1 Å². The summed E-state index contributed by atoms with van der Waals surface area (Å²) in [5.41, 5.74) is 2.14. The second-order valence-corrected chi connectivity index (χ2v) is 7.26. The highest BCUT2D eigenvalue weighted by Crippen LogP contribution is 2.28. The number of ether oxygens (including phenoxy) is 1. The Bertz CT molecular complexity index is 1270. The van der Waals surface area contributed by atoms with Gasteiger partial charge in [-0.25, -0.2) is 13.3 Å². The topological polar surface area (TPSA) is 81.4 Å². The molecule has 1 N–H and O–H groups in total. The number of halogens is 2. The molecule has 7 nitrogen and oxygen atoms in total. The summed E-state index contributed by atoms with van der Waals surface area (Å²) in [6.45, 7) is 5.41. The zero-order chi connectivity index (χ0) is 22.1. The zero-order valence-electron chi connectivity index (χ0n) is 17.1. The number of rotatable bonds is 5. The van der Waals surface area contributed by atoms with Gasteiger partial charge in [0.25, 0.3) is 5.91 Å². The van der Waals surface area contributed by atoms with Gasteiger partial charge in [-0.05, 0) is 56.7 Å². The van der Waals surface area contributed by atoms with Crippen molar-refractivity contribution in [1.82, 2.24) is 19.8 Å². The van der Waals surface area contributed by atoms with Crippen molar-refractivity contribution in [3.63, 3.8) is 0 Å². The number of aryl methyl sites for hydroxylation is 1. The van der Waals surface area contributed by atoms with Gasteiger partial charge < -0.3 is 10.1 Å². The van der Waals surface area contributed by atoms with Crippen LogP contribution in [0.25, 0.3) is 16.8 Å². The molecule has 1 amide bonds. The predicted molar refractivity (Wildman–Crippen MR) is 111 cm³/mol. The monoisotopic (exact) mass is 423 g/mol. The van der Waals surface area contributed by atoms with Crippen molar-refractivity contribution in [1.29, 1.82) is 0 Å². The fourth-order valence-electron chi connectivity index (χ4n) is 3.10. The minimum absolute atomic E-state index is 0.0607. The molecule has 0 aliphatic rings. The maximum absolute atomic E-state index is 14.6. The third-order valence-electron chi connectivity index (χ3n) is 4.56. The molecule has 0 atom stereocenters. The molecule has 4 rings (SSSR count). The lowest BCUT2D eigenvalue weighted by atomic mass is 10.1. The maximum atomic E-state index is 14.6. The van der Waals surface area contributed by atoms with Crippen LogP contribution >= 0.6 is 0 Å². The van der Waals surface area contributed by atoms with Crippen LogP contribution in [0, 0.1) is 18.6 Å². The van der Waals surface area contributed by atoms with E-state index in [0.29, 0.717) is 28.3 Å². The summed E-state index contributed by atoms with van der Waals surface area (Å²) in [5, 5.41) is 14.8. The van der Waals surface area contributed by atoms with Crippen LogP contribution in [0.15, 0.2) is 48.8 Å². The molecule has 0 bridgehead atoms. The molecule has 0 aliphatic heterocycles. The Morgan fingerprint density at radius 2 is 1.94 bits per heavy atom. The molecule has 0 aliphatic carbocycles. The summed E-state index contributed by atoms with van der Waals surface area (Å²) in [6.07, 6.45) is 2.47. The Morgan fingerprint density at radius 3 is 2.65 bits per heavy atom. The van der Waals surface area contributed by atoms with E-state index in [2.05, 4.69) is 20.6 Å². The second kappa shape index (κ2) is 8.10. The molecule has 0 saturated heterocycles. The van der Waals surface area contributed by atoms with Gasteiger partial charge in [0, 0.05) is 17.3 Å². The molecule has 158 valence electrons. The van der Waals surface area contributed by atoms with Crippen molar-refractivity contribution in [3.05, 3.63) is 71.6 Å². The summed E-state index contributed by atoms with van der Waals surface area (Å²) in [6, 6.07) is 8.75. The lowest BCUT2D eigenvalue weighted by Gasteiger charge is -2.12. The SMILES string of the molecule is Cc1cc(F)c(-c2ccc(OC(C)C)nn2)cc1NC(=O)c1cnn2cc(F)ccc12. The lowest BCUT2D eigenvalue weighted by Crippen LogP contribution is -2.13. The van der Waals surface area contributed by atoms with Crippen LogP contribution in [0.4, 0.5) is 14.5 Å². The number of carbonyl (C=O) groups excluding carboxylic acids is 1. The molecule has 9 heteroatoms. The van der Waals surface area contributed by atoms with Gasteiger partial charge in [0.15, 0.2) is 0 Å². The van der Waals surface area contributed by atoms with Gasteiger partial charge in [-0.3, -0.25) is 4.79 Å². The predicted octanol–water partition coefficient (Wildman–Crippen LogP) is 4.42. The number of benzene rings is 1. The Hall–Kier alpha value is -3.88. The first-order valence-corrected chi connectivity index (χ1v) is 9.57. The van der Waals surface area contributed by atoms with Crippen LogP contribution in [0.5, 0.6) is 5.88 Å². The average molecular weight is 423 g/mol. The van der Waals surface area contributed by atoms with Crippen molar-refractivity contribution < 1.29 is 18.3 Å². The number of nitrogens with zero attached hydrogens (tertiary/aromatic N) is 4. The summed E-state index contributed by atoms with van der Waals surface area (Å²) in [4.78, 5) is 12.8. The molecular weight excluding hydrogens is 404 g/mol. The molecule has 4 aromatic rings. The summed E-state index contributed by atoms with van der Waals surface area (Å²) < 4.78 is 34.7. The minimum Gasteiger partial charge on any atom is -0.474 e.